The van der Waals surface area contributed by atoms with Crippen molar-refractivity contribution in [2.24, 2.45) is 0 Å². The van der Waals surface area contributed by atoms with E-state index in [1.807, 2.05) is 13.0 Å². The molecule has 0 bridgehead atoms. The number of nitrogens with one attached hydrogen (secondary N) is 2. The molecule has 1 fully saturated rings. The Hall–Kier alpha value is -2.20. The molecule has 0 aliphatic carbocycles. The van der Waals surface area contributed by atoms with Gasteiger partial charge in [-0.3, -0.25) is 9.69 Å². The topological polar surface area (TPSA) is 74.6 Å². The third-order valence-electron chi connectivity index (χ3n) is 4.72. The van der Waals surface area contributed by atoms with Gasteiger partial charge in [-0.1, -0.05) is 0 Å². The van der Waals surface area contributed by atoms with Gasteiger partial charge in [0.15, 0.2) is 5.65 Å². The number of alkyl halides is 3. The third kappa shape index (κ3) is 4.06. The first kappa shape index (κ1) is 19.6. The Bertz CT molecular complexity index is 841. The Balaban J connectivity index is 1.82. The van der Waals surface area contributed by atoms with E-state index in [0.717, 1.165) is 5.69 Å². The molecule has 2 aromatic heterocycles. The molecular formula is C17H23F3N6O. The van der Waals surface area contributed by atoms with E-state index in [1.165, 1.54) is 9.42 Å². The van der Waals surface area contributed by atoms with Gasteiger partial charge in [0.05, 0.1) is 5.69 Å². The molecule has 7 nitrogen and oxygen atoms in total. The van der Waals surface area contributed by atoms with Gasteiger partial charge in [0.2, 0.25) is 0 Å². The lowest BCUT2D eigenvalue weighted by Crippen LogP contribution is -2.57. The maximum absolute atomic E-state index is 13.5. The van der Waals surface area contributed by atoms with Gasteiger partial charge in [-0.25, -0.2) is 9.50 Å². The summed E-state index contributed by atoms with van der Waals surface area (Å²) in [6.07, 6.45) is -4.42. The zero-order valence-electron chi connectivity index (χ0n) is 15.5. The Morgan fingerprint density at radius 3 is 2.59 bits per heavy atom. The van der Waals surface area contributed by atoms with Crippen molar-refractivity contribution in [3.8, 4) is 0 Å². The Kier molecular flexibility index (Phi) is 5.38. The molecule has 27 heavy (non-hydrogen) atoms. The number of rotatable bonds is 4. The summed E-state index contributed by atoms with van der Waals surface area (Å²) in [6, 6.07) is 0.104. The fourth-order valence-corrected chi connectivity index (χ4v) is 3.42. The lowest BCUT2D eigenvalue weighted by molar-refractivity contribution is -0.183. The van der Waals surface area contributed by atoms with E-state index in [1.54, 1.807) is 13.8 Å². The number of piperazine rings is 1. The van der Waals surface area contributed by atoms with Crippen molar-refractivity contribution in [3.05, 3.63) is 28.7 Å². The molecule has 1 atom stereocenters. The van der Waals surface area contributed by atoms with Crippen LogP contribution in [0.25, 0.3) is 5.65 Å². The second kappa shape index (κ2) is 7.43. The molecule has 0 saturated carbocycles. The van der Waals surface area contributed by atoms with E-state index in [4.69, 9.17) is 0 Å². The van der Waals surface area contributed by atoms with Gasteiger partial charge >= 0.3 is 6.18 Å². The van der Waals surface area contributed by atoms with Crippen LogP contribution in [-0.2, 0) is 0 Å². The highest BCUT2D eigenvalue weighted by Crippen LogP contribution is 2.25. The number of nitrogens with zero attached hydrogens (tertiary/aromatic N) is 4. The van der Waals surface area contributed by atoms with Gasteiger partial charge in [0.25, 0.3) is 5.91 Å². The molecule has 148 valence electrons. The van der Waals surface area contributed by atoms with E-state index in [-0.39, 0.29) is 18.7 Å². The summed E-state index contributed by atoms with van der Waals surface area (Å²) in [4.78, 5) is 18.4. The van der Waals surface area contributed by atoms with Crippen LogP contribution in [0.4, 0.5) is 13.2 Å². The van der Waals surface area contributed by atoms with Crippen LogP contribution >= 0.6 is 0 Å². The molecule has 1 unspecified atom stereocenters. The summed E-state index contributed by atoms with van der Waals surface area (Å²) in [5.74, 6) is -0.593. The largest absolute Gasteiger partial charge is 0.405 e. The fourth-order valence-electron chi connectivity index (χ4n) is 3.42. The molecule has 1 amide bonds. The summed E-state index contributed by atoms with van der Waals surface area (Å²) in [5, 5.41) is 9.77. The minimum absolute atomic E-state index is 0.211. The Labute approximate surface area is 154 Å². The van der Waals surface area contributed by atoms with Crippen molar-refractivity contribution >= 4 is 11.6 Å². The summed E-state index contributed by atoms with van der Waals surface area (Å²) < 4.78 is 42.0. The van der Waals surface area contributed by atoms with Crippen LogP contribution in [0.15, 0.2) is 6.07 Å². The van der Waals surface area contributed by atoms with Crippen LogP contribution in [0.3, 0.4) is 0 Å². The van der Waals surface area contributed by atoms with Gasteiger partial charge in [-0.2, -0.15) is 18.3 Å². The van der Waals surface area contributed by atoms with Gasteiger partial charge in [-0.15, -0.1) is 0 Å². The highest BCUT2D eigenvalue weighted by atomic mass is 19.4. The second-order valence-corrected chi connectivity index (χ2v) is 6.79. The lowest BCUT2D eigenvalue weighted by Gasteiger charge is -2.35. The number of hydrogen-bond donors (Lipinski definition) is 2. The number of carbonyl (C=O) groups is 1. The molecule has 3 heterocycles. The molecule has 10 heteroatoms. The highest BCUT2D eigenvalue weighted by molar-refractivity contribution is 6.01. The number of halogens is 3. The Morgan fingerprint density at radius 2 is 1.96 bits per heavy atom. The van der Waals surface area contributed by atoms with Gasteiger partial charge in [0.1, 0.15) is 11.6 Å². The van der Waals surface area contributed by atoms with Crippen LogP contribution < -0.4 is 10.6 Å². The monoisotopic (exact) mass is 384 g/mol. The van der Waals surface area contributed by atoms with Crippen molar-refractivity contribution in [2.45, 2.75) is 33.0 Å². The lowest BCUT2D eigenvalue weighted by atomic mass is 10.2. The maximum atomic E-state index is 13.5. The molecule has 1 aliphatic heterocycles. The molecule has 1 saturated heterocycles. The minimum atomic E-state index is -4.42. The molecule has 2 aromatic rings. The van der Waals surface area contributed by atoms with E-state index in [9.17, 15) is 18.0 Å². The Morgan fingerprint density at radius 1 is 1.30 bits per heavy atom. The number of carbonyl (C=O) groups excluding carboxylic acids is 1. The molecule has 2 N–H and O–H groups in total. The van der Waals surface area contributed by atoms with E-state index < -0.39 is 24.7 Å². The van der Waals surface area contributed by atoms with Crippen molar-refractivity contribution in [3.63, 3.8) is 0 Å². The van der Waals surface area contributed by atoms with Crippen molar-refractivity contribution in [1.82, 2.24) is 30.1 Å². The number of hydrogen-bond acceptors (Lipinski definition) is 5. The number of fused-ring (bicyclic) bond motifs is 1. The van der Waals surface area contributed by atoms with Crippen LogP contribution in [0.1, 0.15) is 27.4 Å². The summed E-state index contributed by atoms with van der Waals surface area (Å²) in [6.45, 7) is 6.33. The third-order valence-corrected chi connectivity index (χ3v) is 4.72. The number of aryl methyl sites for hydroxylation is 3. The molecule has 3 rings (SSSR count). The number of aromatic nitrogens is 3. The van der Waals surface area contributed by atoms with E-state index in [2.05, 4.69) is 20.7 Å². The molecule has 0 aromatic carbocycles. The summed E-state index contributed by atoms with van der Waals surface area (Å²) >= 11 is 0. The molecule has 0 radical (unpaired) electrons. The summed E-state index contributed by atoms with van der Waals surface area (Å²) in [5.41, 5.74) is 2.51. The van der Waals surface area contributed by atoms with E-state index >= 15 is 0 Å². The molecular weight excluding hydrogens is 361 g/mol. The fraction of sp³-hybridized carbons (Fsp3) is 0.588. The van der Waals surface area contributed by atoms with Crippen LogP contribution in [-0.4, -0.2) is 70.3 Å². The maximum Gasteiger partial charge on any atom is 0.405 e. The highest BCUT2D eigenvalue weighted by Gasteiger charge is 2.44. The van der Waals surface area contributed by atoms with Gasteiger partial charge in [0, 0.05) is 44.1 Å². The van der Waals surface area contributed by atoms with E-state index in [0.29, 0.717) is 30.1 Å². The average molecular weight is 384 g/mol. The van der Waals surface area contributed by atoms with Crippen LogP contribution in [0.2, 0.25) is 0 Å². The standard InChI is InChI=1S/C17H23F3N6O/c1-10-8-11(2)26-15(23-10)14(12(3)24-26)16(27)22-9-13(17(18,19)20)25-6-4-21-5-7-25/h8,13,21H,4-7,9H2,1-3H3,(H,22,27). The first-order valence-electron chi connectivity index (χ1n) is 8.81. The molecule has 1 aliphatic rings. The second-order valence-electron chi connectivity index (χ2n) is 6.79. The predicted octanol–water partition coefficient (Wildman–Crippen LogP) is 1.22. The first-order valence-corrected chi connectivity index (χ1v) is 8.81. The van der Waals surface area contributed by atoms with Gasteiger partial charge in [-0.05, 0) is 26.8 Å². The first-order chi connectivity index (χ1) is 12.7. The normalized spacial score (nSPS) is 17.3. The minimum Gasteiger partial charge on any atom is -0.350 e. The number of amides is 1. The van der Waals surface area contributed by atoms with Crippen molar-refractivity contribution < 1.29 is 18.0 Å². The van der Waals surface area contributed by atoms with Crippen LogP contribution in [0.5, 0.6) is 0 Å². The molecule has 0 spiro atoms. The van der Waals surface area contributed by atoms with Gasteiger partial charge < -0.3 is 10.6 Å². The quantitative estimate of drug-likeness (QED) is 0.829. The van der Waals surface area contributed by atoms with Crippen LogP contribution in [0, 0.1) is 20.8 Å². The SMILES string of the molecule is Cc1cc(C)n2nc(C)c(C(=O)NCC(N3CCNCC3)C(F)(F)F)c2n1. The predicted molar refractivity (Wildman–Crippen MR) is 93.8 cm³/mol. The smallest absolute Gasteiger partial charge is 0.350 e. The summed E-state index contributed by atoms with van der Waals surface area (Å²) in [7, 11) is 0. The van der Waals surface area contributed by atoms with Crippen molar-refractivity contribution in [2.75, 3.05) is 32.7 Å². The average Bonchev–Trinajstić information content (AvgIpc) is 2.91. The zero-order valence-corrected chi connectivity index (χ0v) is 15.5. The zero-order chi connectivity index (χ0) is 19.8. The van der Waals surface area contributed by atoms with Crippen molar-refractivity contribution in [1.29, 1.82) is 0 Å².